The maximum absolute atomic E-state index is 12.1. The number of nitrogens with one attached hydrogen (secondary N) is 1. The number of hydrogen-bond acceptors (Lipinski definition) is 8. The molecule has 1 aromatic heterocycles. The molecule has 0 unspecified atom stereocenters. The molecule has 9 heteroatoms. The Hall–Kier alpha value is -4.84. The average molecular weight is 536 g/mol. The Morgan fingerprint density at radius 2 is 1.80 bits per heavy atom. The molecular formula is C31H29N5O4. The second kappa shape index (κ2) is 10.7. The molecule has 6 rings (SSSR count). The van der Waals surface area contributed by atoms with E-state index in [4.69, 9.17) is 14.2 Å². The fraction of sp³-hybridized carbons (Fsp3) is 0.290. The molecule has 0 bridgehead atoms. The summed E-state index contributed by atoms with van der Waals surface area (Å²) in [6, 6.07) is 19.8. The standard InChI is InChI=1S/C31H29N5O4/c1-38-28-10-6-20(23-9-7-22(17-29(23)39-2)36-13-14-40-31(36)37)15-25(28)21-5-8-24-26(16-21)34-35-27(18-32)30(24)33-12-11-19-3-4-19/h5-10,15-17,19H,3-4,11-14H2,1-2H3,(H,33,34). The van der Waals surface area contributed by atoms with Crippen molar-refractivity contribution in [2.75, 3.05) is 44.1 Å². The van der Waals surface area contributed by atoms with E-state index in [0.717, 1.165) is 57.9 Å². The molecule has 2 aliphatic rings. The molecule has 202 valence electrons. The zero-order valence-electron chi connectivity index (χ0n) is 22.4. The highest BCUT2D eigenvalue weighted by molar-refractivity contribution is 5.96. The van der Waals surface area contributed by atoms with Crippen LogP contribution in [0.3, 0.4) is 0 Å². The zero-order chi connectivity index (χ0) is 27.6. The van der Waals surface area contributed by atoms with Gasteiger partial charge in [-0.05, 0) is 59.9 Å². The summed E-state index contributed by atoms with van der Waals surface area (Å²) in [6.45, 7) is 1.68. The van der Waals surface area contributed by atoms with Gasteiger partial charge in [0.25, 0.3) is 0 Å². The van der Waals surface area contributed by atoms with Crippen LogP contribution in [0.4, 0.5) is 16.2 Å². The minimum Gasteiger partial charge on any atom is -0.496 e. The Balaban J connectivity index is 1.37. The summed E-state index contributed by atoms with van der Waals surface area (Å²) in [4.78, 5) is 13.6. The number of cyclic esters (lactones) is 1. The third-order valence-electron chi connectivity index (χ3n) is 7.50. The maximum atomic E-state index is 12.1. The van der Waals surface area contributed by atoms with Crippen molar-refractivity contribution in [2.45, 2.75) is 19.3 Å². The number of fused-ring (bicyclic) bond motifs is 1. The van der Waals surface area contributed by atoms with Crippen LogP contribution in [0.25, 0.3) is 33.2 Å². The predicted octanol–water partition coefficient (Wildman–Crippen LogP) is 6.02. The molecule has 1 aliphatic heterocycles. The Labute approximate surface area is 232 Å². The fourth-order valence-electron chi connectivity index (χ4n) is 5.16. The number of aromatic nitrogens is 2. The highest BCUT2D eigenvalue weighted by atomic mass is 16.6. The van der Waals surface area contributed by atoms with Crippen LogP contribution in [0, 0.1) is 17.2 Å². The van der Waals surface area contributed by atoms with E-state index in [1.165, 1.54) is 12.8 Å². The number of carbonyl (C=O) groups excluding carboxylic acids is 1. The van der Waals surface area contributed by atoms with E-state index >= 15 is 0 Å². The summed E-state index contributed by atoms with van der Waals surface area (Å²) >= 11 is 0. The predicted molar refractivity (Wildman–Crippen MR) is 153 cm³/mol. The lowest BCUT2D eigenvalue weighted by atomic mass is 9.96. The van der Waals surface area contributed by atoms with Gasteiger partial charge in [-0.1, -0.05) is 25.0 Å². The number of nitrogens with zero attached hydrogens (tertiary/aromatic N) is 4. The maximum Gasteiger partial charge on any atom is 0.414 e. The van der Waals surface area contributed by atoms with Crippen molar-refractivity contribution in [3.8, 4) is 39.8 Å². The smallest absolute Gasteiger partial charge is 0.414 e. The van der Waals surface area contributed by atoms with Gasteiger partial charge in [0.1, 0.15) is 24.2 Å². The van der Waals surface area contributed by atoms with Gasteiger partial charge in [-0.2, -0.15) is 5.26 Å². The molecule has 1 amide bonds. The van der Waals surface area contributed by atoms with Crippen LogP contribution < -0.4 is 19.7 Å². The van der Waals surface area contributed by atoms with Crippen molar-refractivity contribution in [2.24, 2.45) is 5.92 Å². The van der Waals surface area contributed by atoms with Gasteiger partial charge >= 0.3 is 6.09 Å². The largest absolute Gasteiger partial charge is 0.496 e. The first-order chi connectivity index (χ1) is 19.6. The van der Waals surface area contributed by atoms with Crippen molar-refractivity contribution in [1.29, 1.82) is 5.26 Å². The number of methoxy groups -OCH3 is 2. The van der Waals surface area contributed by atoms with Crippen LogP contribution in [-0.2, 0) is 4.74 Å². The van der Waals surface area contributed by atoms with Crippen LogP contribution in [0.2, 0.25) is 0 Å². The number of anilines is 2. The number of nitriles is 1. The van der Waals surface area contributed by atoms with Crippen molar-refractivity contribution < 1.29 is 19.0 Å². The molecule has 1 N–H and O–H groups in total. The lowest BCUT2D eigenvalue weighted by Crippen LogP contribution is -2.23. The SMILES string of the molecule is COc1cc(N2CCOC2=O)ccc1-c1ccc(OC)c(-c2ccc3c(NCCC4CC4)c(C#N)nnc3c2)c1. The van der Waals surface area contributed by atoms with E-state index < -0.39 is 0 Å². The van der Waals surface area contributed by atoms with Crippen LogP contribution in [0.5, 0.6) is 11.5 Å². The van der Waals surface area contributed by atoms with Gasteiger partial charge in [0.05, 0.1) is 37.7 Å². The molecule has 2 fully saturated rings. The van der Waals surface area contributed by atoms with Gasteiger partial charge in [0, 0.05) is 29.1 Å². The molecule has 9 nitrogen and oxygen atoms in total. The molecule has 3 aromatic carbocycles. The third kappa shape index (κ3) is 4.84. The molecule has 0 radical (unpaired) electrons. The summed E-state index contributed by atoms with van der Waals surface area (Å²) in [5.74, 6) is 2.14. The second-order valence-electron chi connectivity index (χ2n) is 9.99. The first-order valence-electron chi connectivity index (χ1n) is 13.3. The van der Waals surface area contributed by atoms with E-state index in [0.29, 0.717) is 35.9 Å². The lowest BCUT2D eigenvalue weighted by molar-refractivity contribution is 0.181. The fourth-order valence-corrected chi connectivity index (χ4v) is 5.16. The molecule has 1 saturated carbocycles. The van der Waals surface area contributed by atoms with Gasteiger partial charge < -0.3 is 19.5 Å². The molecule has 2 heterocycles. The van der Waals surface area contributed by atoms with Crippen molar-refractivity contribution in [3.63, 3.8) is 0 Å². The molecule has 1 aliphatic carbocycles. The monoisotopic (exact) mass is 535 g/mol. The topological polar surface area (TPSA) is 110 Å². The van der Waals surface area contributed by atoms with E-state index in [1.54, 1.807) is 19.1 Å². The van der Waals surface area contributed by atoms with Gasteiger partial charge in [0.2, 0.25) is 0 Å². The molecule has 40 heavy (non-hydrogen) atoms. The van der Waals surface area contributed by atoms with E-state index in [-0.39, 0.29) is 6.09 Å². The number of carbonyl (C=O) groups is 1. The van der Waals surface area contributed by atoms with E-state index in [1.807, 2.05) is 54.6 Å². The summed E-state index contributed by atoms with van der Waals surface area (Å²) in [6.07, 6.45) is 3.30. The Bertz CT molecular complexity index is 1640. The van der Waals surface area contributed by atoms with E-state index in [9.17, 15) is 10.1 Å². The molecular weight excluding hydrogens is 506 g/mol. The summed E-state index contributed by atoms with van der Waals surface area (Å²) < 4.78 is 16.5. The first-order valence-corrected chi connectivity index (χ1v) is 13.3. The molecule has 1 saturated heterocycles. The average Bonchev–Trinajstić information content (AvgIpc) is 3.73. The Morgan fingerprint density at radius 3 is 2.52 bits per heavy atom. The minimum absolute atomic E-state index is 0.299. The van der Waals surface area contributed by atoms with Gasteiger partial charge in [0.15, 0.2) is 5.69 Å². The molecule has 0 spiro atoms. The number of benzene rings is 3. The van der Waals surface area contributed by atoms with Crippen LogP contribution in [-0.4, -0.2) is 50.2 Å². The van der Waals surface area contributed by atoms with Gasteiger partial charge in [-0.25, -0.2) is 4.79 Å². The van der Waals surface area contributed by atoms with Gasteiger partial charge in [-0.3, -0.25) is 4.90 Å². The number of amides is 1. The quantitative estimate of drug-likeness (QED) is 0.277. The molecule has 4 aromatic rings. The number of ether oxygens (including phenoxy) is 3. The highest BCUT2D eigenvalue weighted by Crippen LogP contribution is 2.40. The third-order valence-corrected chi connectivity index (χ3v) is 7.50. The number of rotatable bonds is 9. The Kier molecular flexibility index (Phi) is 6.83. The van der Waals surface area contributed by atoms with Crippen molar-refractivity contribution in [1.82, 2.24) is 10.2 Å². The zero-order valence-corrected chi connectivity index (χ0v) is 22.4. The van der Waals surface area contributed by atoms with Crippen molar-refractivity contribution >= 4 is 28.4 Å². The normalized spacial score (nSPS) is 14.6. The summed E-state index contributed by atoms with van der Waals surface area (Å²) in [5.41, 5.74) is 6.04. The van der Waals surface area contributed by atoms with Crippen LogP contribution in [0.1, 0.15) is 25.0 Å². The van der Waals surface area contributed by atoms with Crippen molar-refractivity contribution in [3.05, 3.63) is 60.3 Å². The molecule has 0 atom stereocenters. The van der Waals surface area contributed by atoms with Crippen LogP contribution in [0.15, 0.2) is 54.6 Å². The van der Waals surface area contributed by atoms with Crippen LogP contribution >= 0.6 is 0 Å². The summed E-state index contributed by atoms with van der Waals surface area (Å²) in [5, 5.41) is 22.5. The van der Waals surface area contributed by atoms with Gasteiger partial charge in [-0.15, -0.1) is 10.2 Å². The minimum atomic E-state index is -0.357. The number of hydrogen-bond donors (Lipinski definition) is 1. The Morgan fingerprint density at radius 1 is 1.00 bits per heavy atom. The second-order valence-corrected chi connectivity index (χ2v) is 9.99. The summed E-state index contributed by atoms with van der Waals surface area (Å²) in [7, 11) is 3.26. The highest BCUT2D eigenvalue weighted by Gasteiger charge is 2.25. The van der Waals surface area contributed by atoms with E-state index in [2.05, 4.69) is 21.6 Å². The lowest BCUT2D eigenvalue weighted by Gasteiger charge is -2.17. The first kappa shape index (κ1) is 25.4.